The van der Waals surface area contributed by atoms with Gasteiger partial charge in [-0.3, -0.25) is 4.79 Å². The van der Waals surface area contributed by atoms with E-state index in [1.807, 2.05) is 51.1 Å². The van der Waals surface area contributed by atoms with Gasteiger partial charge in [-0.25, -0.2) is 0 Å². The number of benzene rings is 1. The molecule has 5 heteroatoms. The third kappa shape index (κ3) is 5.14. The van der Waals surface area contributed by atoms with Crippen LogP contribution in [0.25, 0.3) is 0 Å². The molecule has 0 atom stereocenters. The van der Waals surface area contributed by atoms with E-state index >= 15 is 0 Å². The Kier molecular flexibility index (Phi) is 5.13. The smallest absolute Gasteiger partial charge is 0.263 e. The van der Waals surface area contributed by atoms with Crippen molar-refractivity contribution in [1.29, 1.82) is 5.26 Å². The van der Waals surface area contributed by atoms with Gasteiger partial charge < -0.3 is 10.6 Å². The Balaban J connectivity index is 2.82. The highest BCUT2D eigenvalue weighted by Gasteiger charge is 2.17. The second kappa shape index (κ2) is 6.39. The van der Waals surface area contributed by atoms with Crippen molar-refractivity contribution in [2.45, 2.75) is 26.3 Å². The van der Waals surface area contributed by atoms with Crippen molar-refractivity contribution < 1.29 is 4.79 Å². The maximum Gasteiger partial charge on any atom is 0.263 e. The molecule has 0 saturated carbocycles. The molecule has 0 unspecified atom stereocenters. The molecule has 0 aromatic heterocycles. The van der Waals surface area contributed by atoms with Crippen molar-refractivity contribution >= 4 is 27.5 Å². The van der Waals surface area contributed by atoms with E-state index in [4.69, 9.17) is 5.26 Å². The quantitative estimate of drug-likeness (QED) is 0.663. The maximum atomic E-state index is 11.8. The van der Waals surface area contributed by atoms with Crippen LogP contribution in [0.5, 0.6) is 0 Å². The van der Waals surface area contributed by atoms with Gasteiger partial charge in [-0.1, -0.05) is 12.1 Å². The topological polar surface area (TPSA) is 64.9 Å². The molecule has 2 N–H and O–H groups in total. The minimum absolute atomic E-state index is 0.0330. The number of hydrogen-bond acceptors (Lipinski definition) is 3. The van der Waals surface area contributed by atoms with E-state index in [1.165, 1.54) is 6.20 Å². The molecule has 0 heterocycles. The number of halogens is 1. The number of rotatable bonds is 3. The number of nitrogens with one attached hydrogen (secondary N) is 2. The Bertz CT molecular complexity index is 538. The van der Waals surface area contributed by atoms with E-state index in [-0.39, 0.29) is 11.1 Å². The molecule has 1 rings (SSSR count). The fourth-order valence-electron chi connectivity index (χ4n) is 1.28. The monoisotopic (exact) mass is 321 g/mol. The number of para-hydroxylation sites is 1. The van der Waals surface area contributed by atoms with Crippen molar-refractivity contribution in [1.82, 2.24) is 5.32 Å². The number of nitriles is 1. The van der Waals surface area contributed by atoms with Gasteiger partial charge in [-0.2, -0.15) is 5.26 Å². The van der Waals surface area contributed by atoms with Crippen LogP contribution in [0.1, 0.15) is 20.8 Å². The van der Waals surface area contributed by atoms with Gasteiger partial charge in [0.15, 0.2) is 0 Å². The second-order valence-corrected chi connectivity index (χ2v) is 5.85. The first-order valence-electron chi connectivity index (χ1n) is 5.77. The standard InChI is InChI=1S/C14H16BrN3O/c1-14(2,3)18-13(19)10(8-16)9-17-12-7-5-4-6-11(12)15/h4-7,9,17H,1-3H3,(H,18,19)/b10-9-. The van der Waals surface area contributed by atoms with Gasteiger partial charge in [0.05, 0.1) is 5.69 Å². The first-order valence-corrected chi connectivity index (χ1v) is 6.56. The average molecular weight is 322 g/mol. The molecular weight excluding hydrogens is 306 g/mol. The highest BCUT2D eigenvalue weighted by molar-refractivity contribution is 9.10. The van der Waals surface area contributed by atoms with Gasteiger partial charge >= 0.3 is 0 Å². The normalized spacial score (nSPS) is 11.6. The minimum Gasteiger partial charge on any atom is -0.359 e. The van der Waals surface area contributed by atoms with Gasteiger partial charge in [-0.05, 0) is 48.8 Å². The van der Waals surface area contributed by atoms with Crippen LogP contribution < -0.4 is 10.6 Å². The Morgan fingerprint density at radius 2 is 2.00 bits per heavy atom. The van der Waals surface area contributed by atoms with Crippen molar-refractivity contribution in [2.24, 2.45) is 0 Å². The van der Waals surface area contributed by atoms with E-state index < -0.39 is 5.91 Å². The lowest BCUT2D eigenvalue weighted by Gasteiger charge is -2.20. The van der Waals surface area contributed by atoms with E-state index in [2.05, 4.69) is 26.6 Å². The first-order chi connectivity index (χ1) is 8.83. The molecule has 100 valence electrons. The van der Waals surface area contributed by atoms with Crippen LogP contribution in [0, 0.1) is 11.3 Å². The summed E-state index contributed by atoms with van der Waals surface area (Å²) < 4.78 is 0.861. The Morgan fingerprint density at radius 3 is 2.53 bits per heavy atom. The van der Waals surface area contributed by atoms with Crippen LogP contribution in [-0.4, -0.2) is 11.4 Å². The first kappa shape index (κ1) is 15.3. The van der Waals surface area contributed by atoms with E-state index in [0.717, 1.165) is 10.2 Å². The molecule has 0 aliphatic carbocycles. The molecule has 0 fully saturated rings. The van der Waals surface area contributed by atoms with Crippen LogP contribution in [-0.2, 0) is 4.79 Å². The molecule has 1 amide bonds. The van der Waals surface area contributed by atoms with Gasteiger partial charge in [-0.15, -0.1) is 0 Å². The number of hydrogen-bond donors (Lipinski definition) is 2. The number of anilines is 1. The van der Waals surface area contributed by atoms with Crippen molar-refractivity contribution in [2.75, 3.05) is 5.32 Å². The summed E-state index contributed by atoms with van der Waals surface area (Å²) in [5, 5.41) is 14.7. The molecule has 4 nitrogen and oxygen atoms in total. The largest absolute Gasteiger partial charge is 0.359 e. The van der Waals surface area contributed by atoms with Gasteiger partial charge in [0, 0.05) is 16.2 Å². The number of carbonyl (C=O) groups excluding carboxylic acids is 1. The van der Waals surface area contributed by atoms with E-state index in [1.54, 1.807) is 0 Å². The van der Waals surface area contributed by atoms with Crippen molar-refractivity contribution in [3.63, 3.8) is 0 Å². The zero-order valence-corrected chi connectivity index (χ0v) is 12.7. The molecule has 0 aliphatic heterocycles. The SMILES string of the molecule is CC(C)(C)NC(=O)/C(C#N)=C\Nc1ccccc1Br. The van der Waals surface area contributed by atoms with Crippen molar-refractivity contribution in [3.8, 4) is 6.07 Å². The Morgan fingerprint density at radius 1 is 1.37 bits per heavy atom. The predicted molar refractivity (Wildman–Crippen MR) is 79.4 cm³/mol. The molecule has 0 aliphatic rings. The lowest BCUT2D eigenvalue weighted by Crippen LogP contribution is -2.41. The highest BCUT2D eigenvalue weighted by Crippen LogP contribution is 2.21. The molecule has 19 heavy (non-hydrogen) atoms. The summed E-state index contributed by atoms with van der Waals surface area (Å²) in [7, 11) is 0. The minimum atomic E-state index is -0.394. The fourth-order valence-corrected chi connectivity index (χ4v) is 1.68. The number of nitrogens with zero attached hydrogens (tertiary/aromatic N) is 1. The summed E-state index contributed by atoms with van der Waals surface area (Å²) in [4.78, 5) is 11.8. The molecule has 1 aromatic rings. The van der Waals surface area contributed by atoms with Crippen LogP contribution in [0.2, 0.25) is 0 Å². The van der Waals surface area contributed by atoms with Crippen LogP contribution in [0.3, 0.4) is 0 Å². The second-order valence-electron chi connectivity index (χ2n) is 5.00. The summed E-state index contributed by atoms with van der Waals surface area (Å²) in [6, 6.07) is 9.35. The summed E-state index contributed by atoms with van der Waals surface area (Å²) in [5.41, 5.74) is 0.449. The van der Waals surface area contributed by atoms with E-state index in [0.29, 0.717) is 0 Å². The summed E-state index contributed by atoms with van der Waals surface area (Å²) in [5.74, 6) is -0.394. The number of amides is 1. The highest BCUT2D eigenvalue weighted by atomic mass is 79.9. The lowest BCUT2D eigenvalue weighted by atomic mass is 10.1. The summed E-state index contributed by atoms with van der Waals surface area (Å²) >= 11 is 3.38. The summed E-state index contributed by atoms with van der Waals surface area (Å²) in [6.45, 7) is 5.59. The molecule has 0 saturated heterocycles. The molecule has 1 aromatic carbocycles. The van der Waals surface area contributed by atoms with Crippen LogP contribution >= 0.6 is 15.9 Å². The lowest BCUT2D eigenvalue weighted by molar-refractivity contribution is -0.118. The molecule has 0 spiro atoms. The maximum absolute atomic E-state index is 11.8. The van der Waals surface area contributed by atoms with Crippen LogP contribution in [0.4, 0.5) is 5.69 Å². The Labute approximate surface area is 121 Å². The van der Waals surface area contributed by atoms with Gasteiger partial charge in [0.2, 0.25) is 0 Å². The zero-order chi connectivity index (χ0) is 14.5. The third-order valence-corrected chi connectivity index (χ3v) is 2.79. The van der Waals surface area contributed by atoms with Gasteiger partial charge in [0.1, 0.15) is 11.6 Å². The molecule has 0 radical (unpaired) electrons. The zero-order valence-electron chi connectivity index (χ0n) is 11.1. The fraction of sp³-hybridized carbons (Fsp3) is 0.286. The van der Waals surface area contributed by atoms with Gasteiger partial charge in [0.25, 0.3) is 5.91 Å². The third-order valence-electron chi connectivity index (χ3n) is 2.10. The van der Waals surface area contributed by atoms with E-state index in [9.17, 15) is 4.79 Å². The van der Waals surface area contributed by atoms with Crippen LogP contribution in [0.15, 0.2) is 40.5 Å². The predicted octanol–water partition coefficient (Wildman–Crippen LogP) is 3.18. The average Bonchev–Trinajstić information content (AvgIpc) is 2.29. The molecular formula is C14H16BrN3O. The summed E-state index contributed by atoms with van der Waals surface area (Å²) in [6.07, 6.45) is 1.40. The molecule has 0 bridgehead atoms. The Hall–Kier alpha value is -1.80. The number of carbonyl (C=O) groups is 1. The van der Waals surface area contributed by atoms with Crippen molar-refractivity contribution in [3.05, 3.63) is 40.5 Å².